The fourth-order valence-electron chi connectivity index (χ4n) is 1.77. The van der Waals surface area contributed by atoms with Gasteiger partial charge in [-0.1, -0.05) is 12.1 Å². The predicted molar refractivity (Wildman–Crippen MR) is 50.9 cm³/mol. The summed E-state index contributed by atoms with van der Waals surface area (Å²) in [6.07, 6.45) is -2.41. The van der Waals surface area contributed by atoms with Crippen molar-refractivity contribution in [1.82, 2.24) is 0 Å². The Kier molecular flexibility index (Phi) is 2.58. The van der Waals surface area contributed by atoms with Gasteiger partial charge >= 0.3 is 6.36 Å². The maximum Gasteiger partial charge on any atom is 0.573 e. The summed E-state index contributed by atoms with van der Waals surface area (Å²) in [6.45, 7) is 0. The largest absolute Gasteiger partial charge is 0.573 e. The number of alkyl halides is 3. The lowest BCUT2D eigenvalue weighted by Crippen LogP contribution is -2.33. The molecule has 0 atom stereocenters. The van der Waals surface area contributed by atoms with E-state index in [1.54, 1.807) is 0 Å². The lowest BCUT2D eigenvalue weighted by atomic mass is 9.75. The fourth-order valence-corrected chi connectivity index (χ4v) is 1.77. The minimum Gasteiger partial charge on any atom is -0.406 e. The van der Waals surface area contributed by atoms with E-state index in [1.807, 2.05) is 0 Å². The van der Waals surface area contributed by atoms with Crippen LogP contribution in [0.3, 0.4) is 0 Å². The number of hydrogen-bond donors (Lipinski definition) is 1. The molecule has 2 rings (SSSR count). The highest BCUT2D eigenvalue weighted by Crippen LogP contribution is 2.41. The molecule has 0 radical (unpaired) electrons. The Morgan fingerprint density at radius 3 is 2.06 bits per heavy atom. The molecule has 0 spiro atoms. The summed E-state index contributed by atoms with van der Waals surface area (Å²) in [7, 11) is 0. The lowest BCUT2D eigenvalue weighted by molar-refractivity contribution is -0.274. The quantitative estimate of drug-likeness (QED) is 0.849. The molecule has 1 N–H and O–H groups in total. The molecule has 1 aromatic carbocycles. The van der Waals surface area contributed by atoms with Crippen molar-refractivity contribution in [2.75, 3.05) is 0 Å². The van der Waals surface area contributed by atoms with E-state index in [9.17, 15) is 18.3 Å². The Bertz CT molecular complexity index is 366. The fraction of sp³-hybridized carbons (Fsp3) is 0.455. The average molecular weight is 232 g/mol. The third-order valence-electron chi connectivity index (χ3n) is 2.81. The van der Waals surface area contributed by atoms with Gasteiger partial charge in [-0.3, -0.25) is 0 Å². The minimum atomic E-state index is -4.67. The molecule has 0 aromatic heterocycles. The number of hydrogen-bond acceptors (Lipinski definition) is 2. The van der Waals surface area contributed by atoms with Gasteiger partial charge in [0.25, 0.3) is 0 Å². The van der Waals surface area contributed by atoms with Gasteiger partial charge in [-0.2, -0.15) is 0 Å². The van der Waals surface area contributed by atoms with Crippen molar-refractivity contribution in [2.24, 2.45) is 0 Å². The zero-order chi connectivity index (χ0) is 11.8. The van der Waals surface area contributed by atoms with Crippen molar-refractivity contribution in [3.8, 4) is 5.75 Å². The van der Waals surface area contributed by atoms with Crippen molar-refractivity contribution in [2.45, 2.75) is 31.2 Å². The number of rotatable bonds is 2. The summed E-state index contributed by atoms with van der Waals surface area (Å²) in [4.78, 5) is 0. The Hall–Kier alpha value is -1.23. The van der Waals surface area contributed by atoms with Gasteiger partial charge in [0.2, 0.25) is 0 Å². The van der Waals surface area contributed by atoms with Crippen LogP contribution < -0.4 is 4.74 Å². The third kappa shape index (κ3) is 2.29. The van der Waals surface area contributed by atoms with E-state index in [4.69, 9.17) is 0 Å². The molecule has 0 amide bonds. The predicted octanol–water partition coefficient (Wildman–Crippen LogP) is 2.96. The molecular weight excluding hydrogens is 221 g/mol. The molecule has 1 aliphatic rings. The molecule has 1 fully saturated rings. The van der Waals surface area contributed by atoms with E-state index in [2.05, 4.69) is 4.74 Å². The number of benzene rings is 1. The molecular formula is C11H11F3O2. The number of halogens is 3. The van der Waals surface area contributed by atoms with E-state index < -0.39 is 12.0 Å². The molecule has 0 saturated heterocycles. The summed E-state index contributed by atoms with van der Waals surface area (Å²) in [6, 6.07) is 5.39. The van der Waals surface area contributed by atoms with Gasteiger partial charge in [-0.05, 0) is 37.0 Å². The second-order valence-electron chi connectivity index (χ2n) is 3.96. The van der Waals surface area contributed by atoms with Crippen molar-refractivity contribution >= 4 is 0 Å². The van der Waals surface area contributed by atoms with Gasteiger partial charge in [0, 0.05) is 0 Å². The molecule has 2 nitrogen and oxygen atoms in total. The Labute approximate surface area is 90.7 Å². The molecule has 0 aliphatic heterocycles. The third-order valence-corrected chi connectivity index (χ3v) is 2.81. The summed E-state index contributed by atoms with van der Waals surface area (Å²) < 4.78 is 39.4. The normalized spacial score (nSPS) is 19.0. The molecule has 1 aromatic rings. The van der Waals surface area contributed by atoms with Gasteiger partial charge in [0.1, 0.15) is 5.75 Å². The van der Waals surface area contributed by atoms with Crippen LogP contribution in [0, 0.1) is 0 Å². The summed E-state index contributed by atoms with van der Waals surface area (Å²) in [5.74, 6) is -0.265. The van der Waals surface area contributed by atoms with Crippen LogP contribution in [0.5, 0.6) is 5.75 Å². The molecule has 0 bridgehead atoms. The van der Waals surface area contributed by atoms with Crippen LogP contribution in [0.2, 0.25) is 0 Å². The van der Waals surface area contributed by atoms with E-state index in [0.29, 0.717) is 18.4 Å². The maximum absolute atomic E-state index is 11.9. The van der Waals surface area contributed by atoms with Gasteiger partial charge in [0.05, 0.1) is 5.60 Å². The lowest BCUT2D eigenvalue weighted by Gasteiger charge is -2.37. The molecule has 1 aliphatic carbocycles. The molecule has 5 heteroatoms. The first kappa shape index (κ1) is 11.3. The summed E-state index contributed by atoms with van der Waals surface area (Å²) in [5, 5.41) is 9.94. The first-order chi connectivity index (χ1) is 7.39. The van der Waals surface area contributed by atoms with Crippen molar-refractivity contribution in [3.05, 3.63) is 29.8 Å². The summed E-state index contributed by atoms with van der Waals surface area (Å²) >= 11 is 0. The standard InChI is InChI=1S/C11H11F3O2/c12-11(13,14)16-9-4-2-8(3-5-9)10(15)6-1-7-10/h2-5,15H,1,6-7H2. The first-order valence-corrected chi connectivity index (χ1v) is 4.98. The Morgan fingerprint density at radius 2 is 1.69 bits per heavy atom. The molecule has 88 valence electrons. The highest BCUT2D eigenvalue weighted by molar-refractivity contribution is 5.32. The van der Waals surface area contributed by atoms with Crippen LogP contribution in [0.4, 0.5) is 13.2 Å². The van der Waals surface area contributed by atoms with Crippen molar-refractivity contribution in [3.63, 3.8) is 0 Å². The van der Waals surface area contributed by atoms with Crippen LogP contribution in [0.25, 0.3) is 0 Å². The van der Waals surface area contributed by atoms with Crippen LogP contribution in [-0.2, 0) is 5.60 Å². The van der Waals surface area contributed by atoms with Crippen molar-refractivity contribution in [1.29, 1.82) is 0 Å². The average Bonchev–Trinajstić information content (AvgIpc) is 2.13. The molecule has 0 heterocycles. The monoisotopic (exact) mass is 232 g/mol. The summed E-state index contributed by atoms with van der Waals surface area (Å²) in [5.41, 5.74) is -0.204. The first-order valence-electron chi connectivity index (χ1n) is 4.98. The van der Waals surface area contributed by atoms with E-state index in [1.165, 1.54) is 24.3 Å². The topological polar surface area (TPSA) is 29.5 Å². The van der Waals surface area contributed by atoms with Gasteiger partial charge in [-0.25, -0.2) is 0 Å². The highest BCUT2D eigenvalue weighted by atomic mass is 19.4. The van der Waals surface area contributed by atoms with Gasteiger partial charge in [-0.15, -0.1) is 13.2 Å². The Morgan fingerprint density at radius 1 is 1.12 bits per heavy atom. The molecule has 16 heavy (non-hydrogen) atoms. The second kappa shape index (κ2) is 3.66. The second-order valence-corrected chi connectivity index (χ2v) is 3.96. The van der Waals surface area contributed by atoms with Crippen LogP contribution in [0.15, 0.2) is 24.3 Å². The molecule has 0 unspecified atom stereocenters. The van der Waals surface area contributed by atoms with Crippen molar-refractivity contribution < 1.29 is 23.0 Å². The van der Waals surface area contributed by atoms with E-state index >= 15 is 0 Å². The van der Waals surface area contributed by atoms with Gasteiger partial charge in [0.15, 0.2) is 0 Å². The number of aliphatic hydroxyl groups is 1. The molecule has 1 saturated carbocycles. The zero-order valence-corrected chi connectivity index (χ0v) is 8.42. The van der Waals surface area contributed by atoms with E-state index in [-0.39, 0.29) is 5.75 Å². The number of ether oxygens (including phenoxy) is 1. The van der Waals surface area contributed by atoms with Crippen LogP contribution >= 0.6 is 0 Å². The zero-order valence-electron chi connectivity index (χ0n) is 8.42. The van der Waals surface area contributed by atoms with E-state index in [0.717, 1.165) is 6.42 Å². The maximum atomic E-state index is 11.9. The minimum absolute atomic E-state index is 0.265. The SMILES string of the molecule is OC1(c2ccc(OC(F)(F)F)cc2)CCC1. The van der Waals surface area contributed by atoms with Crippen LogP contribution in [-0.4, -0.2) is 11.5 Å². The van der Waals surface area contributed by atoms with Crippen LogP contribution in [0.1, 0.15) is 24.8 Å². The smallest absolute Gasteiger partial charge is 0.406 e. The van der Waals surface area contributed by atoms with Gasteiger partial charge < -0.3 is 9.84 Å². The highest BCUT2D eigenvalue weighted by Gasteiger charge is 2.36. The Balaban J connectivity index is 2.10.